The first kappa shape index (κ1) is 21.5. The highest BCUT2D eigenvalue weighted by Crippen LogP contribution is 2.21. The van der Waals surface area contributed by atoms with Crippen molar-refractivity contribution in [2.45, 2.75) is 17.7 Å². The van der Waals surface area contributed by atoms with Gasteiger partial charge in [0.05, 0.1) is 12.0 Å². The molecule has 160 valence electrons. The molecule has 2 aliphatic rings. The van der Waals surface area contributed by atoms with Gasteiger partial charge in [-0.15, -0.1) is 0 Å². The summed E-state index contributed by atoms with van der Waals surface area (Å²) in [4.78, 5) is 27.9. The Bertz CT molecular complexity index is 814. The van der Waals surface area contributed by atoms with Crippen molar-refractivity contribution in [3.8, 4) is 0 Å². The van der Waals surface area contributed by atoms with E-state index in [0.29, 0.717) is 44.8 Å². The molecule has 2 fully saturated rings. The molecule has 2 saturated heterocycles. The first-order chi connectivity index (χ1) is 13.9. The minimum Gasteiger partial charge on any atom is -0.453 e. The van der Waals surface area contributed by atoms with Gasteiger partial charge in [0.1, 0.15) is 0 Å². The lowest BCUT2D eigenvalue weighted by Gasteiger charge is -2.33. The zero-order valence-corrected chi connectivity index (χ0v) is 17.5. The molecule has 0 spiro atoms. The summed E-state index contributed by atoms with van der Waals surface area (Å²) in [6.07, 6.45) is 1.46. The zero-order chi connectivity index (χ0) is 20.9. The Hall–Kier alpha value is -2.17. The number of hydrogen-bond acceptors (Lipinski definition) is 6. The minimum atomic E-state index is -3.47. The van der Waals surface area contributed by atoms with E-state index < -0.39 is 10.0 Å². The van der Waals surface area contributed by atoms with Crippen LogP contribution >= 0.6 is 0 Å². The minimum absolute atomic E-state index is 0.222. The van der Waals surface area contributed by atoms with Crippen molar-refractivity contribution in [1.82, 2.24) is 19.4 Å². The van der Waals surface area contributed by atoms with E-state index in [2.05, 4.69) is 10.2 Å². The van der Waals surface area contributed by atoms with Gasteiger partial charge in [0.25, 0.3) is 5.91 Å². The van der Waals surface area contributed by atoms with E-state index in [-0.39, 0.29) is 16.9 Å². The summed E-state index contributed by atoms with van der Waals surface area (Å²) in [6, 6.07) is 6.09. The van der Waals surface area contributed by atoms with Crippen LogP contribution in [-0.4, -0.2) is 94.0 Å². The Morgan fingerprint density at radius 3 is 2.21 bits per heavy atom. The third-order valence-corrected chi connectivity index (χ3v) is 7.25. The molecule has 2 heterocycles. The number of methoxy groups -OCH3 is 1. The van der Waals surface area contributed by atoms with Crippen LogP contribution in [-0.2, 0) is 14.8 Å². The molecule has 0 bridgehead atoms. The fourth-order valence-electron chi connectivity index (χ4n) is 3.57. The number of benzene rings is 1. The van der Waals surface area contributed by atoms with E-state index >= 15 is 0 Å². The summed E-state index contributed by atoms with van der Waals surface area (Å²) in [5, 5.41) is 2.86. The molecule has 0 aromatic heterocycles. The summed E-state index contributed by atoms with van der Waals surface area (Å²) in [5.74, 6) is -0.233. The number of nitrogens with one attached hydrogen (secondary N) is 1. The zero-order valence-electron chi connectivity index (χ0n) is 16.7. The molecule has 0 unspecified atom stereocenters. The fraction of sp³-hybridized carbons (Fsp3) is 0.579. The standard InChI is InChI=1S/C19H28N4O5S/c1-28-19(25)22-14-12-21(13-15-22)11-8-20-18(24)16-4-6-17(7-5-16)29(26,27)23-9-2-3-10-23/h4-7H,2-3,8-15H2,1H3,(H,20,24). The van der Waals surface area contributed by atoms with Crippen molar-refractivity contribution in [2.75, 3.05) is 59.5 Å². The number of amides is 2. The number of sulfonamides is 1. The van der Waals surface area contributed by atoms with E-state index in [4.69, 9.17) is 4.74 Å². The van der Waals surface area contributed by atoms with Gasteiger partial charge in [0.2, 0.25) is 10.0 Å². The quantitative estimate of drug-likeness (QED) is 0.717. The van der Waals surface area contributed by atoms with Gasteiger partial charge in [-0.05, 0) is 37.1 Å². The van der Waals surface area contributed by atoms with Gasteiger partial charge in [-0.1, -0.05) is 0 Å². The third-order valence-electron chi connectivity index (χ3n) is 5.34. The van der Waals surface area contributed by atoms with Crippen molar-refractivity contribution in [2.24, 2.45) is 0 Å². The molecule has 0 radical (unpaired) electrons. The number of ether oxygens (including phenoxy) is 1. The van der Waals surface area contributed by atoms with Crippen molar-refractivity contribution in [3.05, 3.63) is 29.8 Å². The highest BCUT2D eigenvalue weighted by Gasteiger charge is 2.27. The van der Waals surface area contributed by atoms with Crippen LogP contribution in [0.25, 0.3) is 0 Å². The van der Waals surface area contributed by atoms with Crippen molar-refractivity contribution in [3.63, 3.8) is 0 Å². The largest absolute Gasteiger partial charge is 0.453 e. The maximum atomic E-state index is 12.5. The molecule has 3 rings (SSSR count). The summed E-state index contributed by atoms with van der Waals surface area (Å²) in [6.45, 7) is 4.94. The van der Waals surface area contributed by atoms with Crippen LogP contribution < -0.4 is 5.32 Å². The first-order valence-electron chi connectivity index (χ1n) is 9.85. The van der Waals surface area contributed by atoms with Gasteiger partial charge in [-0.25, -0.2) is 13.2 Å². The van der Waals surface area contributed by atoms with Crippen LogP contribution in [0.3, 0.4) is 0 Å². The number of piperazine rings is 1. The average Bonchev–Trinajstić information content (AvgIpc) is 3.29. The highest BCUT2D eigenvalue weighted by atomic mass is 32.2. The van der Waals surface area contributed by atoms with Gasteiger partial charge in [0, 0.05) is 57.9 Å². The second-order valence-corrected chi connectivity index (χ2v) is 9.13. The molecule has 0 aliphatic carbocycles. The number of hydrogen-bond donors (Lipinski definition) is 1. The molecule has 9 nitrogen and oxygen atoms in total. The van der Waals surface area contributed by atoms with Gasteiger partial charge in [-0.2, -0.15) is 4.31 Å². The second-order valence-electron chi connectivity index (χ2n) is 7.19. The van der Waals surface area contributed by atoms with Crippen LogP contribution in [0.1, 0.15) is 23.2 Å². The second kappa shape index (κ2) is 9.55. The number of nitrogens with zero attached hydrogens (tertiary/aromatic N) is 3. The molecular weight excluding hydrogens is 396 g/mol. The lowest BCUT2D eigenvalue weighted by atomic mass is 10.2. The summed E-state index contributed by atoms with van der Waals surface area (Å²) in [5.41, 5.74) is 0.431. The average molecular weight is 425 g/mol. The maximum absolute atomic E-state index is 12.5. The molecule has 1 aromatic rings. The number of carbonyl (C=O) groups excluding carboxylic acids is 2. The van der Waals surface area contributed by atoms with Gasteiger partial charge in [0.15, 0.2) is 0 Å². The summed E-state index contributed by atoms with van der Waals surface area (Å²) >= 11 is 0. The van der Waals surface area contributed by atoms with E-state index in [0.717, 1.165) is 25.9 Å². The van der Waals surface area contributed by atoms with Crippen molar-refractivity contribution >= 4 is 22.0 Å². The van der Waals surface area contributed by atoms with E-state index in [1.54, 1.807) is 17.0 Å². The van der Waals surface area contributed by atoms with Crippen LogP contribution in [0.4, 0.5) is 4.79 Å². The molecule has 10 heteroatoms. The Morgan fingerprint density at radius 1 is 1.00 bits per heavy atom. The molecule has 0 saturated carbocycles. The fourth-order valence-corrected chi connectivity index (χ4v) is 5.09. The van der Waals surface area contributed by atoms with Gasteiger partial charge >= 0.3 is 6.09 Å². The summed E-state index contributed by atoms with van der Waals surface area (Å²) in [7, 11) is -2.09. The normalized spacial score (nSPS) is 18.6. The number of carbonyl (C=O) groups is 2. The topological polar surface area (TPSA) is 99.3 Å². The van der Waals surface area contributed by atoms with Gasteiger partial charge < -0.3 is 15.0 Å². The van der Waals surface area contributed by atoms with Crippen LogP contribution in [0.2, 0.25) is 0 Å². The van der Waals surface area contributed by atoms with E-state index in [1.165, 1.54) is 23.5 Å². The Morgan fingerprint density at radius 2 is 1.62 bits per heavy atom. The number of rotatable bonds is 6. The Labute approximate surface area is 171 Å². The van der Waals surface area contributed by atoms with Crippen LogP contribution in [0.15, 0.2) is 29.2 Å². The molecular formula is C19H28N4O5S. The third kappa shape index (κ3) is 5.26. The highest BCUT2D eigenvalue weighted by molar-refractivity contribution is 7.89. The lowest BCUT2D eigenvalue weighted by molar-refractivity contribution is 0.0885. The molecule has 0 atom stereocenters. The van der Waals surface area contributed by atoms with Crippen LogP contribution in [0, 0.1) is 0 Å². The molecule has 1 N–H and O–H groups in total. The summed E-state index contributed by atoms with van der Waals surface area (Å²) < 4.78 is 31.3. The van der Waals surface area contributed by atoms with Crippen molar-refractivity contribution in [1.29, 1.82) is 0 Å². The SMILES string of the molecule is COC(=O)N1CCN(CCNC(=O)c2ccc(S(=O)(=O)N3CCCC3)cc2)CC1. The molecule has 2 amide bonds. The Balaban J connectivity index is 1.45. The molecule has 1 aromatic carbocycles. The molecule has 29 heavy (non-hydrogen) atoms. The predicted octanol–water partition coefficient (Wildman–Crippen LogP) is 0.585. The molecule has 2 aliphatic heterocycles. The van der Waals surface area contributed by atoms with Crippen molar-refractivity contribution < 1.29 is 22.7 Å². The van der Waals surface area contributed by atoms with Gasteiger partial charge in [-0.3, -0.25) is 9.69 Å². The lowest BCUT2D eigenvalue weighted by Crippen LogP contribution is -2.50. The van der Waals surface area contributed by atoms with E-state index in [1.807, 2.05) is 0 Å². The monoisotopic (exact) mass is 424 g/mol. The maximum Gasteiger partial charge on any atom is 0.409 e. The van der Waals surface area contributed by atoms with Crippen LogP contribution in [0.5, 0.6) is 0 Å². The van der Waals surface area contributed by atoms with E-state index in [9.17, 15) is 18.0 Å². The predicted molar refractivity (Wildman–Crippen MR) is 107 cm³/mol. The first-order valence-corrected chi connectivity index (χ1v) is 11.3. The Kier molecular flexibility index (Phi) is 7.09. The smallest absolute Gasteiger partial charge is 0.409 e.